The molecule has 1 fully saturated rings. The summed E-state index contributed by atoms with van der Waals surface area (Å²) in [5.41, 5.74) is 0.829. The van der Waals surface area contributed by atoms with Gasteiger partial charge in [0.15, 0.2) is 5.82 Å². The molecule has 0 radical (unpaired) electrons. The van der Waals surface area contributed by atoms with Crippen LogP contribution in [0.5, 0.6) is 0 Å². The maximum Gasteiger partial charge on any atom is 0.347 e. The lowest BCUT2D eigenvalue weighted by Crippen LogP contribution is -2.22. The first kappa shape index (κ1) is 12.6. The van der Waals surface area contributed by atoms with Gasteiger partial charge in [0.2, 0.25) is 0 Å². The average Bonchev–Trinajstić information content (AvgIpc) is 3.05. The fourth-order valence-corrected chi connectivity index (χ4v) is 2.39. The monoisotopic (exact) mass is 271 g/mol. The third-order valence-corrected chi connectivity index (χ3v) is 3.37. The van der Waals surface area contributed by atoms with Gasteiger partial charge in [0.05, 0.1) is 29.5 Å². The number of aromatic nitrogens is 3. The first-order valence-corrected chi connectivity index (χ1v) is 6.28. The summed E-state index contributed by atoms with van der Waals surface area (Å²) in [7, 11) is 0. The van der Waals surface area contributed by atoms with E-state index in [1.807, 2.05) is 6.07 Å². The first-order chi connectivity index (χ1) is 9.69. The van der Waals surface area contributed by atoms with Crippen LogP contribution < -0.4 is 11.0 Å². The van der Waals surface area contributed by atoms with Crippen LogP contribution in [0.2, 0.25) is 0 Å². The molecule has 2 aromatic rings. The van der Waals surface area contributed by atoms with Crippen LogP contribution in [0.1, 0.15) is 23.9 Å². The molecular weight excluding hydrogens is 258 g/mol. The van der Waals surface area contributed by atoms with Crippen LogP contribution in [0.25, 0.3) is 5.69 Å². The Morgan fingerprint density at radius 2 is 2.15 bits per heavy atom. The zero-order valence-electron chi connectivity index (χ0n) is 10.6. The lowest BCUT2D eigenvalue weighted by molar-refractivity contribution is 0.193. The lowest BCUT2D eigenvalue weighted by atomic mass is 10.2. The summed E-state index contributed by atoms with van der Waals surface area (Å²) >= 11 is 0. The van der Waals surface area contributed by atoms with Gasteiger partial charge in [-0.1, -0.05) is 0 Å². The Bertz CT molecular complexity index is 710. The maximum absolute atomic E-state index is 11.9. The van der Waals surface area contributed by atoms with Gasteiger partial charge < -0.3 is 10.4 Å². The summed E-state index contributed by atoms with van der Waals surface area (Å²) in [6, 6.07) is 8.56. The number of hydrogen-bond acceptors (Lipinski definition) is 5. The molecule has 2 atom stereocenters. The van der Waals surface area contributed by atoms with Crippen molar-refractivity contribution in [2.75, 3.05) is 6.54 Å². The average molecular weight is 271 g/mol. The number of β-amino-alcohol motifs (C(OH)–C–C–N with tert-alkyl or cyclic N) is 1. The van der Waals surface area contributed by atoms with Crippen molar-refractivity contribution >= 4 is 0 Å². The van der Waals surface area contributed by atoms with E-state index < -0.39 is 6.10 Å². The van der Waals surface area contributed by atoms with Gasteiger partial charge in [-0.25, -0.2) is 14.5 Å². The predicted octanol–water partition coefficient (Wildman–Crippen LogP) is -0.172. The van der Waals surface area contributed by atoms with Crippen molar-refractivity contribution < 1.29 is 5.11 Å². The number of hydrogen-bond donors (Lipinski definition) is 3. The molecule has 0 unspecified atom stereocenters. The number of benzene rings is 1. The molecule has 1 aliphatic rings. The Morgan fingerprint density at radius 3 is 2.75 bits per heavy atom. The van der Waals surface area contributed by atoms with Crippen molar-refractivity contribution in [3.63, 3.8) is 0 Å². The Kier molecular flexibility index (Phi) is 3.10. The number of nitrogens with zero attached hydrogens (tertiary/aromatic N) is 3. The minimum Gasteiger partial charge on any atom is -0.392 e. The highest BCUT2D eigenvalue weighted by molar-refractivity contribution is 5.40. The number of aliphatic hydroxyl groups excluding tert-OH is 1. The molecule has 2 heterocycles. The zero-order chi connectivity index (χ0) is 14.1. The van der Waals surface area contributed by atoms with Crippen LogP contribution in [0, 0.1) is 11.3 Å². The van der Waals surface area contributed by atoms with E-state index in [9.17, 15) is 9.90 Å². The molecule has 3 N–H and O–H groups in total. The molecule has 7 nitrogen and oxygen atoms in total. The van der Waals surface area contributed by atoms with Gasteiger partial charge in [-0.2, -0.15) is 10.4 Å². The number of H-pyrrole nitrogens is 1. The largest absolute Gasteiger partial charge is 0.392 e. The molecule has 20 heavy (non-hydrogen) atoms. The summed E-state index contributed by atoms with van der Waals surface area (Å²) in [4.78, 5) is 11.9. The molecule has 0 saturated carbocycles. The van der Waals surface area contributed by atoms with Gasteiger partial charge in [0.1, 0.15) is 0 Å². The molecule has 0 amide bonds. The molecule has 0 spiro atoms. The number of rotatable bonds is 2. The maximum atomic E-state index is 11.9. The van der Waals surface area contributed by atoms with Crippen LogP contribution in [0.15, 0.2) is 29.1 Å². The second-order valence-corrected chi connectivity index (χ2v) is 4.73. The molecular formula is C13H13N5O2. The highest BCUT2D eigenvalue weighted by Crippen LogP contribution is 2.22. The molecule has 7 heteroatoms. The zero-order valence-corrected chi connectivity index (χ0v) is 10.6. The second-order valence-electron chi connectivity index (χ2n) is 4.73. The van der Waals surface area contributed by atoms with Crippen LogP contribution in [0.3, 0.4) is 0 Å². The third kappa shape index (κ3) is 2.11. The SMILES string of the molecule is N#Cc1ccc(-n2c([C@@H]3C[C@@H](O)CN3)n[nH]c2=O)cc1. The standard InChI is InChI=1S/C13H13N5O2/c14-6-8-1-3-9(4-2-8)18-12(16-17-13(18)20)11-5-10(19)7-15-11/h1-4,10-11,15,19H,5,7H2,(H,17,20)/t10-,11+/m1/s1. The quantitative estimate of drug-likeness (QED) is 0.703. The van der Waals surface area contributed by atoms with Gasteiger partial charge in [0.25, 0.3) is 0 Å². The Hall–Kier alpha value is -2.43. The Morgan fingerprint density at radius 1 is 1.40 bits per heavy atom. The summed E-state index contributed by atoms with van der Waals surface area (Å²) in [5, 5.41) is 28.0. The van der Waals surface area contributed by atoms with Crippen molar-refractivity contribution in [3.05, 3.63) is 46.1 Å². The number of nitrogens with one attached hydrogen (secondary N) is 2. The van der Waals surface area contributed by atoms with E-state index in [1.165, 1.54) is 4.57 Å². The second kappa shape index (κ2) is 4.92. The van der Waals surface area contributed by atoms with E-state index in [-0.39, 0.29) is 11.7 Å². The van der Waals surface area contributed by atoms with E-state index in [4.69, 9.17) is 5.26 Å². The third-order valence-electron chi connectivity index (χ3n) is 3.37. The van der Waals surface area contributed by atoms with Crippen molar-refractivity contribution in [3.8, 4) is 11.8 Å². The fraction of sp³-hybridized carbons (Fsp3) is 0.308. The molecule has 1 aliphatic heterocycles. The summed E-state index contributed by atoms with van der Waals surface area (Å²) < 4.78 is 1.46. The normalized spacial score (nSPS) is 21.8. The van der Waals surface area contributed by atoms with Crippen LogP contribution in [-0.2, 0) is 0 Å². The molecule has 1 aromatic carbocycles. The Labute approximate surface area is 114 Å². The number of aliphatic hydroxyl groups is 1. The van der Waals surface area contributed by atoms with Gasteiger partial charge >= 0.3 is 5.69 Å². The van der Waals surface area contributed by atoms with Crippen LogP contribution >= 0.6 is 0 Å². The number of nitriles is 1. The molecule has 3 rings (SSSR count). The van der Waals surface area contributed by atoms with Gasteiger partial charge in [-0.15, -0.1) is 0 Å². The van der Waals surface area contributed by atoms with Crippen molar-refractivity contribution in [2.45, 2.75) is 18.6 Å². The van der Waals surface area contributed by atoms with E-state index in [0.29, 0.717) is 30.0 Å². The summed E-state index contributed by atoms with van der Waals surface area (Å²) in [6.07, 6.45) is 0.0850. The smallest absolute Gasteiger partial charge is 0.347 e. The molecule has 1 aromatic heterocycles. The topological polar surface area (TPSA) is 107 Å². The molecule has 1 saturated heterocycles. The van der Waals surface area contributed by atoms with Gasteiger partial charge in [0, 0.05) is 6.54 Å². The van der Waals surface area contributed by atoms with Crippen LogP contribution in [-0.4, -0.2) is 32.5 Å². The minimum absolute atomic E-state index is 0.167. The predicted molar refractivity (Wildman–Crippen MR) is 70.3 cm³/mol. The lowest BCUT2D eigenvalue weighted by Gasteiger charge is -2.11. The van der Waals surface area contributed by atoms with E-state index >= 15 is 0 Å². The highest BCUT2D eigenvalue weighted by atomic mass is 16.3. The molecule has 0 aliphatic carbocycles. The highest BCUT2D eigenvalue weighted by Gasteiger charge is 2.28. The fourth-order valence-electron chi connectivity index (χ4n) is 2.39. The van der Waals surface area contributed by atoms with Crippen LogP contribution in [0.4, 0.5) is 0 Å². The number of aromatic amines is 1. The van der Waals surface area contributed by atoms with Crippen molar-refractivity contribution in [1.82, 2.24) is 20.1 Å². The Balaban J connectivity index is 2.02. The first-order valence-electron chi connectivity index (χ1n) is 6.28. The van der Waals surface area contributed by atoms with E-state index in [2.05, 4.69) is 15.5 Å². The van der Waals surface area contributed by atoms with E-state index in [0.717, 1.165) is 0 Å². The molecule has 0 bridgehead atoms. The van der Waals surface area contributed by atoms with Gasteiger partial charge in [-0.3, -0.25) is 0 Å². The van der Waals surface area contributed by atoms with Crippen molar-refractivity contribution in [2.24, 2.45) is 0 Å². The van der Waals surface area contributed by atoms with E-state index in [1.54, 1.807) is 24.3 Å². The minimum atomic E-state index is -0.429. The summed E-state index contributed by atoms with van der Waals surface area (Å²) in [6.45, 7) is 0.485. The van der Waals surface area contributed by atoms with Crippen molar-refractivity contribution in [1.29, 1.82) is 5.26 Å². The summed E-state index contributed by atoms with van der Waals surface area (Å²) in [5.74, 6) is 0.538. The van der Waals surface area contributed by atoms with Gasteiger partial charge in [-0.05, 0) is 30.7 Å². The molecule has 102 valence electrons.